The monoisotopic (exact) mass is 329 g/mol. The third kappa shape index (κ3) is 2.78. The van der Waals surface area contributed by atoms with Gasteiger partial charge in [0, 0.05) is 11.1 Å². The Morgan fingerprint density at radius 3 is 1.91 bits per heavy atom. The molecule has 7 heteroatoms. The minimum Gasteiger partial charge on any atom is -0.305 e. The summed E-state index contributed by atoms with van der Waals surface area (Å²) in [5.41, 5.74) is -2.00. The lowest BCUT2D eigenvalue weighted by molar-refractivity contribution is -0.142. The Labute approximate surface area is 126 Å². The van der Waals surface area contributed by atoms with Gasteiger partial charge in [-0.15, -0.1) is 0 Å². The van der Waals surface area contributed by atoms with Crippen molar-refractivity contribution in [2.24, 2.45) is 0 Å². The molecule has 0 saturated heterocycles. The van der Waals surface area contributed by atoms with Gasteiger partial charge in [0.05, 0.1) is 11.1 Å². The molecule has 0 N–H and O–H groups in total. The first kappa shape index (κ1) is 15.5. The molecule has 0 bridgehead atoms. The lowest BCUT2D eigenvalue weighted by Crippen LogP contribution is -2.12. The SMILES string of the molecule is FC(F)(F)c1ccc2cc(C(F)(F)F)n(-c3ccccc3)c2c1. The van der Waals surface area contributed by atoms with Gasteiger partial charge in [-0.3, -0.25) is 0 Å². The molecule has 0 unspecified atom stereocenters. The molecule has 0 fully saturated rings. The molecule has 3 aromatic rings. The predicted octanol–water partition coefficient (Wildman–Crippen LogP) is 5.67. The molecule has 0 aliphatic heterocycles. The van der Waals surface area contributed by atoms with E-state index in [0.717, 1.165) is 28.8 Å². The Kier molecular flexibility index (Phi) is 3.39. The normalized spacial score (nSPS) is 12.8. The number of nitrogens with zero attached hydrogens (tertiary/aromatic N) is 1. The van der Waals surface area contributed by atoms with Crippen LogP contribution in [0.2, 0.25) is 0 Å². The van der Waals surface area contributed by atoms with Crippen LogP contribution in [-0.4, -0.2) is 4.57 Å². The van der Waals surface area contributed by atoms with Gasteiger partial charge < -0.3 is 4.57 Å². The quantitative estimate of drug-likeness (QED) is 0.507. The van der Waals surface area contributed by atoms with Crippen LogP contribution >= 0.6 is 0 Å². The number of hydrogen-bond donors (Lipinski definition) is 0. The van der Waals surface area contributed by atoms with Crippen molar-refractivity contribution in [1.82, 2.24) is 4.57 Å². The Hall–Kier alpha value is -2.44. The number of hydrogen-bond acceptors (Lipinski definition) is 0. The van der Waals surface area contributed by atoms with Crippen LogP contribution in [0.4, 0.5) is 26.3 Å². The van der Waals surface area contributed by atoms with Crippen molar-refractivity contribution in [2.75, 3.05) is 0 Å². The number of rotatable bonds is 1. The van der Waals surface area contributed by atoms with Gasteiger partial charge in [-0.05, 0) is 30.3 Å². The van der Waals surface area contributed by atoms with E-state index in [-0.39, 0.29) is 16.6 Å². The average molecular weight is 329 g/mol. The van der Waals surface area contributed by atoms with E-state index in [1.165, 1.54) is 24.3 Å². The second kappa shape index (κ2) is 5.04. The lowest BCUT2D eigenvalue weighted by Gasteiger charge is -2.14. The summed E-state index contributed by atoms with van der Waals surface area (Å²) in [4.78, 5) is 0. The van der Waals surface area contributed by atoms with E-state index in [0.29, 0.717) is 0 Å². The Balaban J connectivity index is 2.36. The highest BCUT2D eigenvalue weighted by molar-refractivity contribution is 5.84. The highest BCUT2D eigenvalue weighted by atomic mass is 19.4. The van der Waals surface area contributed by atoms with Gasteiger partial charge in [0.25, 0.3) is 0 Å². The fraction of sp³-hybridized carbons (Fsp3) is 0.125. The van der Waals surface area contributed by atoms with Gasteiger partial charge >= 0.3 is 12.4 Å². The van der Waals surface area contributed by atoms with Gasteiger partial charge in [0.2, 0.25) is 0 Å². The number of para-hydroxylation sites is 1. The van der Waals surface area contributed by atoms with Crippen LogP contribution in [0.3, 0.4) is 0 Å². The second-order valence-corrected chi connectivity index (χ2v) is 4.97. The Morgan fingerprint density at radius 1 is 0.696 bits per heavy atom. The van der Waals surface area contributed by atoms with Crippen molar-refractivity contribution >= 4 is 10.9 Å². The maximum Gasteiger partial charge on any atom is 0.431 e. The molecule has 2 aromatic carbocycles. The molecule has 1 heterocycles. The third-order valence-corrected chi connectivity index (χ3v) is 3.44. The minimum atomic E-state index is -4.69. The van der Waals surface area contributed by atoms with Gasteiger partial charge in [-0.1, -0.05) is 24.3 Å². The highest BCUT2D eigenvalue weighted by Crippen LogP contribution is 2.38. The van der Waals surface area contributed by atoms with Gasteiger partial charge in [0.1, 0.15) is 5.69 Å². The van der Waals surface area contributed by atoms with E-state index in [1.807, 2.05) is 0 Å². The molecule has 0 saturated carbocycles. The summed E-state index contributed by atoms with van der Waals surface area (Å²) >= 11 is 0. The summed E-state index contributed by atoms with van der Waals surface area (Å²) in [6, 6.07) is 10.9. The zero-order valence-electron chi connectivity index (χ0n) is 11.4. The summed E-state index contributed by atoms with van der Waals surface area (Å²) in [6.45, 7) is 0. The molecule has 1 nitrogen and oxygen atoms in total. The molecule has 120 valence electrons. The van der Waals surface area contributed by atoms with Gasteiger partial charge in [-0.2, -0.15) is 26.3 Å². The zero-order valence-corrected chi connectivity index (χ0v) is 11.4. The van der Waals surface area contributed by atoms with E-state index in [4.69, 9.17) is 0 Å². The van der Waals surface area contributed by atoms with Gasteiger partial charge in [-0.25, -0.2) is 0 Å². The third-order valence-electron chi connectivity index (χ3n) is 3.44. The molecule has 1 aromatic heterocycles. The van der Waals surface area contributed by atoms with Crippen molar-refractivity contribution in [3.05, 3.63) is 65.9 Å². The number of aromatic nitrogens is 1. The van der Waals surface area contributed by atoms with Crippen LogP contribution in [0.1, 0.15) is 11.3 Å². The van der Waals surface area contributed by atoms with Crippen LogP contribution in [0.25, 0.3) is 16.6 Å². The first-order chi connectivity index (χ1) is 10.7. The molecule has 23 heavy (non-hydrogen) atoms. The van der Waals surface area contributed by atoms with Crippen LogP contribution in [0.5, 0.6) is 0 Å². The molecule has 0 spiro atoms. The molecular formula is C16H9F6N. The fourth-order valence-electron chi connectivity index (χ4n) is 2.44. The van der Waals surface area contributed by atoms with Crippen LogP contribution in [0, 0.1) is 0 Å². The zero-order chi connectivity index (χ0) is 16.8. The van der Waals surface area contributed by atoms with Crippen LogP contribution < -0.4 is 0 Å². The number of benzene rings is 2. The average Bonchev–Trinajstić information content (AvgIpc) is 2.86. The van der Waals surface area contributed by atoms with E-state index >= 15 is 0 Å². The van der Waals surface area contributed by atoms with Crippen LogP contribution in [-0.2, 0) is 12.4 Å². The summed E-state index contributed by atoms with van der Waals surface area (Å²) in [7, 11) is 0. The number of fused-ring (bicyclic) bond motifs is 1. The van der Waals surface area contributed by atoms with E-state index < -0.39 is 23.6 Å². The maximum atomic E-state index is 13.3. The van der Waals surface area contributed by atoms with E-state index in [1.54, 1.807) is 6.07 Å². The topological polar surface area (TPSA) is 4.93 Å². The minimum absolute atomic E-state index is 0.0918. The highest BCUT2D eigenvalue weighted by Gasteiger charge is 2.37. The fourth-order valence-corrected chi connectivity index (χ4v) is 2.44. The largest absolute Gasteiger partial charge is 0.431 e. The first-order valence-electron chi connectivity index (χ1n) is 6.53. The van der Waals surface area contributed by atoms with Crippen molar-refractivity contribution in [3.63, 3.8) is 0 Å². The Bertz CT molecular complexity index is 843. The second-order valence-electron chi connectivity index (χ2n) is 4.97. The van der Waals surface area contributed by atoms with Crippen molar-refractivity contribution in [2.45, 2.75) is 12.4 Å². The first-order valence-corrected chi connectivity index (χ1v) is 6.53. The van der Waals surface area contributed by atoms with Crippen molar-refractivity contribution in [3.8, 4) is 5.69 Å². The summed E-state index contributed by atoms with van der Waals surface area (Å²) in [5.74, 6) is 0. The van der Waals surface area contributed by atoms with Gasteiger partial charge in [0.15, 0.2) is 0 Å². The summed E-state index contributed by atoms with van der Waals surface area (Å²) in [6.07, 6.45) is -9.31. The number of halogens is 6. The molecule has 0 aliphatic carbocycles. The maximum absolute atomic E-state index is 13.3. The standard InChI is InChI=1S/C16H9F6N/c17-15(18,19)11-7-6-10-8-14(16(20,21)22)23(13(10)9-11)12-4-2-1-3-5-12/h1-9H. The molecule has 0 radical (unpaired) electrons. The summed E-state index contributed by atoms with van der Waals surface area (Å²) < 4.78 is 79.2. The van der Waals surface area contributed by atoms with Crippen molar-refractivity contribution < 1.29 is 26.3 Å². The van der Waals surface area contributed by atoms with E-state index in [9.17, 15) is 26.3 Å². The molecule has 0 amide bonds. The smallest absolute Gasteiger partial charge is 0.305 e. The molecule has 0 aliphatic rings. The van der Waals surface area contributed by atoms with E-state index in [2.05, 4.69) is 0 Å². The number of alkyl halides is 6. The van der Waals surface area contributed by atoms with Crippen LogP contribution in [0.15, 0.2) is 54.6 Å². The Morgan fingerprint density at radius 2 is 1.35 bits per heavy atom. The molecular weight excluding hydrogens is 320 g/mol. The molecule has 0 atom stereocenters. The predicted molar refractivity (Wildman–Crippen MR) is 73.3 cm³/mol. The molecule has 3 rings (SSSR count). The lowest BCUT2D eigenvalue weighted by atomic mass is 10.1. The van der Waals surface area contributed by atoms with Crippen molar-refractivity contribution in [1.29, 1.82) is 0 Å². The summed E-state index contributed by atoms with van der Waals surface area (Å²) in [5, 5.41) is 0.0918.